The molecular weight excluding hydrogens is 411 g/mol. The molecule has 6 atom stereocenters. The Balaban J connectivity index is 0.000000253. The number of carbonyl (C=O) groups is 3. The van der Waals surface area contributed by atoms with Crippen molar-refractivity contribution >= 4 is 28.0 Å². The average Bonchev–Trinajstić information content (AvgIpc) is 3.31. The zero-order chi connectivity index (χ0) is 22.1. The molecule has 6 N–H and O–H groups in total. The van der Waals surface area contributed by atoms with E-state index in [-0.39, 0.29) is 4.90 Å². The normalized spacial score (nSPS) is 30.9. The second-order valence-electron chi connectivity index (χ2n) is 7.03. The largest absolute Gasteiger partial charge is 0.481 e. The quantitative estimate of drug-likeness (QED) is 0.396. The molecule has 0 saturated heterocycles. The summed E-state index contributed by atoms with van der Waals surface area (Å²) >= 11 is 0. The van der Waals surface area contributed by atoms with E-state index in [1.165, 1.54) is 19.1 Å². The number of alkyl halides is 1. The van der Waals surface area contributed by atoms with Crippen molar-refractivity contribution in [3.8, 4) is 0 Å². The van der Waals surface area contributed by atoms with Crippen LogP contribution in [0, 0.1) is 17.8 Å². The molecule has 0 bridgehead atoms. The van der Waals surface area contributed by atoms with Crippen molar-refractivity contribution in [2.24, 2.45) is 23.5 Å². The zero-order valence-corrected chi connectivity index (χ0v) is 16.0. The van der Waals surface area contributed by atoms with E-state index in [1.54, 1.807) is 18.2 Å². The standard InChI is InChI=1S/C11H15FN2O5.C6H6O3S/c1-3(13)8(15)14-11(10(18)19)2-4(12)5-6(7(5)11)9(16)17;7-10(8,9)6-4-2-1-3-5-6/h3-7H,2,13H2,1H3,(H,14,15)(H,16,17)(H,18,19);1-5H,(H,7,8,9)/t3-,4+,5-,6-,7-,11-;/m0./s1. The second-order valence-corrected chi connectivity index (χ2v) is 8.45. The molecule has 0 aliphatic heterocycles. The first-order chi connectivity index (χ1) is 13.3. The van der Waals surface area contributed by atoms with Crippen LogP contribution in [0.3, 0.4) is 0 Å². The first-order valence-electron chi connectivity index (χ1n) is 8.53. The molecule has 0 aromatic heterocycles. The first-order valence-corrected chi connectivity index (χ1v) is 9.97. The molecule has 29 heavy (non-hydrogen) atoms. The minimum Gasteiger partial charge on any atom is -0.481 e. The van der Waals surface area contributed by atoms with Crippen molar-refractivity contribution in [1.29, 1.82) is 0 Å². The van der Waals surface area contributed by atoms with Gasteiger partial charge in [-0.1, -0.05) is 18.2 Å². The molecule has 0 unspecified atom stereocenters. The van der Waals surface area contributed by atoms with Gasteiger partial charge in [-0.15, -0.1) is 0 Å². The molecule has 160 valence electrons. The van der Waals surface area contributed by atoms with Gasteiger partial charge in [0, 0.05) is 18.3 Å². The first kappa shape index (κ1) is 22.7. The summed E-state index contributed by atoms with van der Waals surface area (Å²) < 4.78 is 43.0. The van der Waals surface area contributed by atoms with E-state index in [4.69, 9.17) is 15.4 Å². The van der Waals surface area contributed by atoms with Gasteiger partial charge in [0.15, 0.2) is 0 Å². The molecule has 2 aliphatic rings. The molecule has 0 radical (unpaired) electrons. The van der Waals surface area contributed by atoms with Crippen LogP contribution < -0.4 is 11.1 Å². The van der Waals surface area contributed by atoms with Crippen molar-refractivity contribution in [2.45, 2.75) is 36.0 Å². The Morgan fingerprint density at radius 1 is 1.24 bits per heavy atom. The summed E-state index contributed by atoms with van der Waals surface area (Å²) in [6, 6.07) is 6.47. The fraction of sp³-hybridized carbons (Fsp3) is 0.471. The SMILES string of the molecule is C[C@H](N)C(=O)N[C@@]1(C(=O)O)C[C@@H](F)[C@H]2[C@H](C(=O)O)[C@H]21.O=S(=O)(O)c1ccccc1. The van der Waals surface area contributed by atoms with Gasteiger partial charge in [-0.05, 0) is 19.1 Å². The van der Waals surface area contributed by atoms with Crippen molar-refractivity contribution < 1.29 is 42.0 Å². The molecule has 10 nitrogen and oxygen atoms in total. The molecule has 3 rings (SSSR count). The molecule has 2 fully saturated rings. The lowest BCUT2D eigenvalue weighted by atomic mass is 9.89. The van der Waals surface area contributed by atoms with E-state index in [9.17, 15) is 32.3 Å². The summed E-state index contributed by atoms with van der Waals surface area (Å²) in [5, 5.41) is 20.5. The molecule has 1 amide bonds. The third kappa shape index (κ3) is 4.54. The summed E-state index contributed by atoms with van der Waals surface area (Å²) in [5.74, 6) is -6.21. The number of nitrogens with two attached hydrogens (primary N) is 1. The molecule has 0 spiro atoms. The predicted octanol–water partition coefficient (Wildman–Crippen LogP) is -0.105. The Morgan fingerprint density at radius 2 is 1.79 bits per heavy atom. The van der Waals surface area contributed by atoms with Gasteiger partial charge in [-0.3, -0.25) is 14.1 Å². The minimum absolute atomic E-state index is 0.0741. The number of carbonyl (C=O) groups excluding carboxylic acids is 1. The molecule has 12 heteroatoms. The minimum atomic E-state index is -4.00. The highest BCUT2D eigenvalue weighted by Crippen LogP contribution is 2.63. The monoisotopic (exact) mass is 432 g/mol. The Labute approximate surface area is 165 Å². The fourth-order valence-electron chi connectivity index (χ4n) is 3.66. The summed E-state index contributed by atoms with van der Waals surface area (Å²) in [6.07, 6.45) is -1.96. The number of fused-ring (bicyclic) bond motifs is 1. The second kappa shape index (κ2) is 8.05. The number of hydrogen-bond donors (Lipinski definition) is 5. The van der Waals surface area contributed by atoms with Gasteiger partial charge in [-0.25, -0.2) is 9.18 Å². The van der Waals surface area contributed by atoms with Crippen LogP contribution in [-0.2, 0) is 24.5 Å². The number of hydrogen-bond acceptors (Lipinski definition) is 6. The molecule has 2 aliphatic carbocycles. The van der Waals surface area contributed by atoms with Crippen LogP contribution in [0.4, 0.5) is 4.39 Å². The Morgan fingerprint density at radius 3 is 2.14 bits per heavy atom. The predicted molar refractivity (Wildman–Crippen MR) is 96.0 cm³/mol. The van der Waals surface area contributed by atoms with Gasteiger partial charge in [0.1, 0.15) is 11.7 Å². The van der Waals surface area contributed by atoms with Crippen LogP contribution >= 0.6 is 0 Å². The lowest BCUT2D eigenvalue weighted by molar-refractivity contribution is -0.150. The number of halogens is 1. The van der Waals surface area contributed by atoms with Crippen LogP contribution in [0.15, 0.2) is 35.2 Å². The Bertz CT molecular complexity index is 907. The fourth-order valence-corrected chi connectivity index (χ4v) is 4.16. The molecule has 2 saturated carbocycles. The van der Waals surface area contributed by atoms with E-state index >= 15 is 0 Å². The number of carboxylic acids is 2. The smallest absolute Gasteiger partial charge is 0.329 e. The van der Waals surface area contributed by atoms with Crippen LogP contribution in [0.25, 0.3) is 0 Å². The number of aliphatic carboxylic acids is 2. The van der Waals surface area contributed by atoms with E-state index in [1.807, 2.05) is 0 Å². The van der Waals surface area contributed by atoms with Gasteiger partial charge in [0.05, 0.1) is 16.9 Å². The van der Waals surface area contributed by atoms with Gasteiger partial charge in [-0.2, -0.15) is 8.42 Å². The topological polar surface area (TPSA) is 184 Å². The maximum absolute atomic E-state index is 13.8. The number of carboxylic acid groups (broad SMARTS) is 2. The highest BCUT2D eigenvalue weighted by atomic mass is 32.2. The van der Waals surface area contributed by atoms with Crippen LogP contribution in [-0.4, -0.2) is 58.8 Å². The van der Waals surface area contributed by atoms with E-state index in [0.29, 0.717) is 0 Å². The average molecular weight is 432 g/mol. The molecule has 1 aromatic carbocycles. The number of nitrogens with one attached hydrogen (secondary N) is 1. The Hall–Kier alpha value is -2.57. The van der Waals surface area contributed by atoms with Gasteiger partial charge in [0.2, 0.25) is 5.91 Å². The maximum atomic E-state index is 13.8. The third-order valence-corrected chi connectivity index (χ3v) is 5.91. The van der Waals surface area contributed by atoms with E-state index in [2.05, 4.69) is 5.32 Å². The van der Waals surface area contributed by atoms with E-state index in [0.717, 1.165) is 0 Å². The van der Waals surface area contributed by atoms with Gasteiger partial charge < -0.3 is 21.3 Å². The van der Waals surface area contributed by atoms with Crippen LogP contribution in [0.1, 0.15) is 13.3 Å². The van der Waals surface area contributed by atoms with Crippen LogP contribution in [0.5, 0.6) is 0 Å². The number of rotatable bonds is 5. The summed E-state index contributed by atoms with van der Waals surface area (Å²) in [5.41, 5.74) is 3.48. The Kier molecular flexibility index (Phi) is 6.30. The summed E-state index contributed by atoms with van der Waals surface area (Å²) in [6.45, 7) is 1.37. The molecule has 1 aromatic rings. The molecule has 0 heterocycles. The van der Waals surface area contributed by atoms with Crippen LogP contribution in [0.2, 0.25) is 0 Å². The molecular formula is C17H21FN2O8S. The van der Waals surface area contributed by atoms with Crippen molar-refractivity contribution in [3.63, 3.8) is 0 Å². The lowest BCUT2D eigenvalue weighted by Gasteiger charge is -2.29. The van der Waals surface area contributed by atoms with Crippen molar-refractivity contribution in [3.05, 3.63) is 30.3 Å². The number of amides is 1. The van der Waals surface area contributed by atoms with Gasteiger partial charge in [0.25, 0.3) is 10.1 Å². The third-order valence-electron chi connectivity index (χ3n) is 5.05. The zero-order valence-electron chi connectivity index (χ0n) is 15.2. The summed E-state index contributed by atoms with van der Waals surface area (Å²) in [7, 11) is -4.00. The van der Waals surface area contributed by atoms with Crippen molar-refractivity contribution in [2.75, 3.05) is 0 Å². The van der Waals surface area contributed by atoms with Crippen molar-refractivity contribution in [1.82, 2.24) is 5.32 Å². The lowest BCUT2D eigenvalue weighted by Crippen LogP contribution is -2.59. The highest BCUT2D eigenvalue weighted by Gasteiger charge is 2.76. The maximum Gasteiger partial charge on any atom is 0.329 e. The summed E-state index contributed by atoms with van der Waals surface area (Å²) in [4.78, 5) is 33.9. The van der Waals surface area contributed by atoms with Gasteiger partial charge >= 0.3 is 11.9 Å². The van der Waals surface area contributed by atoms with E-state index < -0.39 is 69.9 Å². The number of benzene rings is 1. The highest BCUT2D eigenvalue weighted by molar-refractivity contribution is 7.85.